The lowest BCUT2D eigenvalue weighted by Crippen LogP contribution is -2.45. The second kappa shape index (κ2) is 9.67. The molecule has 35 heavy (non-hydrogen) atoms. The second-order valence-electron chi connectivity index (χ2n) is 7.65. The van der Waals surface area contributed by atoms with Crippen LogP contribution in [0.2, 0.25) is 0 Å². The minimum Gasteiger partial charge on any atom is -0.487 e. The first-order chi connectivity index (χ1) is 16.8. The Labute approximate surface area is 200 Å². The first kappa shape index (κ1) is 23.5. The van der Waals surface area contributed by atoms with E-state index in [1.165, 1.54) is 23.9 Å². The number of ether oxygens (including phenoxy) is 2. The van der Waals surface area contributed by atoms with E-state index in [0.29, 0.717) is 22.6 Å². The molecule has 0 aliphatic carbocycles. The van der Waals surface area contributed by atoms with Crippen LogP contribution < -0.4 is 15.4 Å². The smallest absolute Gasteiger partial charge is 0.337 e. The molecule has 1 aromatic heterocycles. The summed E-state index contributed by atoms with van der Waals surface area (Å²) in [4.78, 5) is 36.1. The van der Waals surface area contributed by atoms with Crippen molar-refractivity contribution in [2.24, 2.45) is 0 Å². The molecule has 11 nitrogen and oxygen atoms in total. The van der Waals surface area contributed by atoms with Gasteiger partial charge in [-0.25, -0.2) is 14.3 Å². The summed E-state index contributed by atoms with van der Waals surface area (Å²) in [6, 6.07) is 12.4. The molecule has 2 heterocycles. The third kappa shape index (κ3) is 4.56. The zero-order valence-corrected chi connectivity index (χ0v) is 19.3. The van der Waals surface area contributed by atoms with Gasteiger partial charge in [0.2, 0.25) is 0 Å². The van der Waals surface area contributed by atoms with Crippen LogP contribution in [-0.4, -0.2) is 40.4 Å². The number of rotatable bonds is 7. The number of hydrogen-bond donors (Lipinski definition) is 2. The molecule has 2 N–H and O–H groups in total. The lowest BCUT2D eigenvalue weighted by molar-refractivity contribution is -0.385. The van der Waals surface area contributed by atoms with E-state index in [4.69, 9.17) is 9.47 Å². The minimum atomic E-state index is -0.863. The Bertz CT molecular complexity index is 1330. The van der Waals surface area contributed by atoms with Crippen molar-refractivity contribution >= 4 is 17.7 Å². The van der Waals surface area contributed by atoms with Crippen LogP contribution in [-0.2, 0) is 9.53 Å². The van der Waals surface area contributed by atoms with Gasteiger partial charge in [0.1, 0.15) is 0 Å². The molecule has 0 spiro atoms. The van der Waals surface area contributed by atoms with E-state index in [2.05, 4.69) is 15.7 Å². The number of urea groups is 1. The summed E-state index contributed by atoms with van der Waals surface area (Å²) in [5, 5.41) is 21.7. The maximum absolute atomic E-state index is 12.6. The third-order valence-electron chi connectivity index (χ3n) is 5.48. The molecule has 0 fully saturated rings. The van der Waals surface area contributed by atoms with Crippen LogP contribution in [0.5, 0.6) is 5.75 Å². The van der Waals surface area contributed by atoms with Crippen molar-refractivity contribution in [1.29, 1.82) is 0 Å². The van der Waals surface area contributed by atoms with Crippen molar-refractivity contribution in [3.8, 4) is 22.7 Å². The standard InChI is InChI=1S/C24H23N5O6/c1-4-35-19-11-10-16(12-18(19)29(32)33)28-13-17(21(27-28)15-8-6-5-7-9-15)22-20(23(30)34-3)14(2)25-24(31)26-22/h5-13,22H,4H2,1-3H3,(H2,25,26,31)/t22-/m1/s1. The summed E-state index contributed by atoms with van der Waals surface area (Å²) in [5.74, 6) is -0.461. The highest BCUT2D eigenvalue weighted by Crippen LogP contribution is 2.36. The number of aromatic nitrogens is 2. The van der Waals surface area contributed by atoms with Gasteiger partial charge in [-0.2, -0.15) is 5.10 Å². The summed E-state index contributed by atoms with van der Waals surface area (Å²) in [7, 11) is 1.26. The van der Waals surface area contributed by atoms with E-state index >= 15 is 0 Å². The number of allylic oxidation sites excluding steroid dienone is 1. The molecule has 4 rings (SSSR count). The number of esters is 1. The number of nitrogens with one attached hydrogen (secondary N) is 2. The molecular formula is C24H23N5O6. The SMILES string of the molecule is CCOc1ccc(-n2cc([C@H]3NC(=O)NC(C)=C3C(=O)OC)c(-c3ccccc3)n2)cc1[N+](=O)[O-]. The van der Waals surface area contributed by atoms with E-state index in [1.807, 2.05) is 30.3 Å². The number of carbonyl (C=O) groups excluding carboxylic acids is 2. The summed E-state index contributed by atoms with van der Waals surface area (Å²) in [6.45, 7) is 3.63. The van der Waals surface area contributed by atoms with E-state index in [0.717, 1.165) is 5.56 Å². The molecule has 2 amide bonds. The van der Waals surface area contributed by atoms with E-state index in [-0.39, 0.29) is 23.6 Å². The molecule has 1 aliphatic rings. The Hall–Kier alpha value is -4.67. The summed E-state index contributed by atoms with van der Waals surface area (Å²) >= 11 is 0. The Kier molecular flexibility index (Phi) is 6.49. The van der Waals surface area contributed by atoms with Crippen LogP contribution in [0.4, 0.5) is 10.5 Å². The van der Waals surface area contributed by atoms with Gasteiger partial charge in [0.05, 0.1) is 41.6 Å². The first-order valence-corrected chi connectivity index (χ1v) is 10.8. The molecule has 1 atom stereocenters. The molecule has 2 aromatic carbocycles. The Morgan fingerprint density at radius 1 is 1.23 bits per heavy atom. The maximum atomic E-state index is 12.6. The topological polar surface area (TPSA) is 138 Å². The van der Waals surface area contributed by atoms with Gasteiger partial charge in [-0.05, 0) is 26.0 Å². The zero-order valence-electron chi connectivity index (χ0n) is 19.3. The number of methoxy groups -OCH3 is 1. The van der Waals surface area contributed by atoms with Gasteiger partial charge in [0.15, 0.2) is 5.75 Å². The van der Waals surface area contributed by atoms with E-state index < -0.39 is 23.0 Å². The minimum absolute atomic E-state index is 0.147. The average Bonchev–Trinajstić information content (AvgIpc) is 3.29. The molecular weight excluding hydrogens is 454 g/mol. The molecule has 0 saturated heterocycles. The number of nitrogens with zero attached hydrogens (tertiary/aromatic N) is 3. The zero-order chi connectivity index (χ0) is 25.1. The van der Waals surface area contributed by atoms with Crippen LogP contribution in [0.15, 0.2) is 66.0 Å². The maximum Gasteiger partial charge on any atom is 0.337 e. The molecule has 11 heteroatoms. The number of amides is 2. The number of nitro groups is 1. The fourth-order valence-corrected chi connectivity index (χ4v) is 3.93. The highest BCUT2D eigenvalue weighted by molar-refractivity contribution is 5.95. The highest BCUT2D eigenvalue weighted by atomic mass is 16.6. The normalized spacial score (nSPS) is 15.3. The van der Waals surface area contributed by atoms with Crippen molar-refractivity contribution in [2.75, 3.05) is 13.7 Å². The van der Waals surface area contributed by atoms with Crippen LogP contribution in [0.3, 0.4) is 0 Å². The van der Waals surface area contributed by atoms with Crippen LogP contribution in [0.25, 0.3) is 16.9 Å². The molecule has 180 valence electrons. The van der Waals surface area contributed by atoms with Gasteiger partial charge in [-0.15, -0.1) is 0 Å². The second-order valence-corrected chi connectivity index (χ2v) is 7.65. The van der Waals surface area contributed by atoms with E-state index in [9.17, 15) is 19.7 Å². The predicted molar refractivity (Wildman–Crippen MR) is 126 cm³/mol. The predicted octanol–water partition coefficient (Wildman–Crippen LogP) is 3.65. The van der Waals surface area contributed by atoms with Crippen LogP contribution in [0, 0.1) is 10.1 Å². The Morgan fingerprint density at radius 3 is 2.63 bits per heavy atom. The quantitative estimate of drug-likeness (QED) is 0.301. The fourth-order valence-electron chi connectivity index (χ4n) is 3.93. The van der Waals surface area contributed by atoms with Crippen LogP contribution in [0.1, 0.15) is 25.5 Å². The molecule has 0 saturated carbocycles. The molecule has 0 unspecified atom stereocenters. The van der Waals surface area contributed by atoms with Crippen molar-refractivity contribution < 1.29 is 24.0 Å². The first-order valence-electron chi connectivity index (χ1n) is 10.8. The number of carbonyl (C=O) groups is 2. The van der Waals surface area contributed by atoms with Crippen LogP contribution >= 0.6 is 0 Å². The molecule has 0 radical (unpaired) electrons. The summed E-state index contributed by atoms with van der Waals surface area (Å²) < 4.78 is 11.8. The fraction of sp³-hybridized carbons (Fsp3) is 0.208. The van der Waals surface area contributed by atoms with Crippen molar-refractivity contribution in [2.45, 2.75) is 19.9 Å². The number of nitro benzene ring substituents is 1. The van der Waals surface area contributed by atoms with Crippen molar-refractivity contribution in [3.63, 3.8) is 0 Å². The van der Waals surface area contributed by atoms with Gasteiger partial charge >= 0.3 is 17.7 Å². The number of hydrogen-bond acceptors (Lipinski definition) is 7. The Morgan fingerprint density at radius 2 is 1.97 bits per heavy atom. The van der Waals surface area contributed by atoms with Gasteiger partial charge in [-0.1, -0.05) is 30.3 Å². The van der Waals surface area contributed by atoms with Gasteiger partial charge in [-0.3, -0.25) is 10.1 Å². The lowest BCUT2D eigenvalue weighted by Gasteiger charge is -2.27. The van der Waals surface area contributed by atoms with Gasteiger partial charge < -0.3 is 20.1 Å². The van der Waals surface area contributed by atoms with Gasteiger partial charge in [0, 0.05) is 29.1 Å². The van der Waals surface area contributed by atoms with E-state index in [1.54, 1.807) is 26.1 Å². The van der Waals surface area contributed by atoms with Crippen molar-refractivity contribution in [3.05, 3.63) is 81.7 Å². The molecule has 0 bridgehead atoms. The average molecular weight is 477 g/mol. The number of benzene rings is 2. The lowest BCUT2D eigenvalue weighted by atomic mass is 9.94. The monoisotopic (exact) mass is 477 g/mol. The Balaban J connectivity index is 1.91. The van der Waals surface area contributed by atoms with Crippen molar-refractivity contribution in [1.82, 2.24) is 20.4 Å². The summed E-state index contributed by atoms with van der Waals surface area (Å²) in [6.07, 6.45) is 1.63. The molecule has 3 aromatic rings. The summed E-state index contributed by atoms with van der Waals surface area (Å²) in [5.41, 5.74) is 2.52. The molecule has 1 aliphatic heterocycles. The third-order valence-corrected chi connectivity index (χ3v) is 5.48. The highest BCUT2D eigenvalue weighted by Gasteiger charge is 2.35. The van der Waals surface area contributed by atoms with Gasteiger partial charge in [0.25, 0.3) is 0 Å². The largest absolute Gasteiger partial charge is 0.487 e.